The number of hydrogen-bond acceptors (Lipinski definition) is 10. The number of amides is 3. The molecule has 4 aliphatic rings. The van der Waals surface area contributed by atoms with Crippen LogP contribution >= 0.6 is 11.6 Å². The number of morpholine rings is 1. The van der Waals surface area contributed by atoms with Gasteiger partial charge in [-0.15, -0.1) is 0 Å². The number of carbonyl (C=O) groups is 3. The highest BCUT2D eigenvalue weighted by molar-refractivity contribution is 6.36. The first-order chi connectivity index (χ1) is 23.4. The molecule has 2 saturated heterocycles. The Bertz CT molecular complexity index is 1540. The maximum Gasteiger partial charge on any atom is 0.408 e. The summed E-state index contributed by atoms with van der Waals surface area (Å²) in [5.41, 5.74) is 5.59. The quantitative estimate of drug-likeness (QED) is 0.334. The first-order valence-corrected chi connectivity index (χ1v) is 17.7. The number of primary amides is 1. The Morgan fingerprint density at radius 2 is 1.80 bits per heavy atom. The van der Waals surface area contributed by atoms with Gasteiger partial charge in [0.2, 0.25) is 17.7 Å². The van der Waals surface area contributed by atoms with Crippen LogP contribution in [0.1, 0.15) is 53.4 Å². The highest BCUT2D eigenvalue weighted by Gasteiger charge is 2.48. The van der Waals surface area contributed by atoms with Crippen LogP contribution in [0.4, 0.5) is 4.79 Å². The molecule has 0 radical (unpaired) electrons. The number of likely N-dealkylation sites (tertiary alicyclic amines) is 1. The number of hydrogen-bond donors (Lipinski definition) is 2. The number of fused-ring (bicyclic) bond motifs is 2. The van der Waals surface area contributed by atoms with Crippen LogP contribution < -0.4 is 25.3 Å². The maximum absolute atomic E-state index is 14.1. The van der Waals surface area contributed by atoms with Gasteiger partial charge in [0.1, 0.15) is 52.9 Å². The smallest absolute Gasteiger partial charge is 0.408 e. The van der Waals surface area contributed by atoms with Crippen LogP contribution in [0.3, 0.4) is 0 Å². The third kappa shape index (κ3) is 8.26. The van der Waals surface area contributed by atoms with Gasteiger partial charge in [0.05, 0.1) is 26.4 Å². The molecule has 13 nitrogen and oxygen atoms in total. The second-order valence-electron chi connectivity index (χ2n) is 14.6. The standard InChI is InChI=1S/C35H48ClN5O8/c1-5-46-28-18-27(24-6-7-26(29(36)30(24)38-28)47-13-10-40-8-11-45-12-9-40)48-23-17-25(32(37)42)41(19-23)33(43)31(35(2,3)4)39-34(44)49-22-15-20-14-21(20)16-22/h6-7,18,20-23,25,31H,5,8-17,19H2,1-4H3,(H2,37,42)(H,39,44)/t20-,21+,22+,23-,25+,31-/m1/s1. The Kier molecular flexibility index (Phi) is 10.6. The molecule has 0 bridgehead atoms. The van der Waals surface area contributed by atoms with Crippen LogP contribution in [0.5, 0.6) is 17.4 Å². The predicted molar refractivity (Wildman–Crippen MR) is 182 cm³/mol. The van der Waals surface area contributed by atoms with E-state index >= 15 is 0 Å². The summed E-state index contributed by atoms with van der Waals surface area (Å²) < 4.78 is 29.4. The molecular formula is C35H48ClN5O8. The Balaban J connectivity index is 1.17. The minimum absolute atomic E-state index is 0.0754. The van der Waals surface area contributed by atoms with Gasteiger partial charge < -0.3 is 39.6 Å². The Labute approximate surface area is 292 Å². The van der Waals surface area contributed by atoms with Crippen LogP contribution in [0.2, 0.25) is 5.02 Å². The lowest BCUT2D eigenvalue weighted by atomic mass is 9.85. The Hall–Kier alpha value is -3.55. The number of nitrogens with one attached hydrogen (secondary N) is 1. The van der Waals surface area contributed by atoms with Gasteiger partial charge in [0.15, 0.2) is 0 Å². The minimum atomic E-state index is -0.955. The van der Waals surface area contributed by atoms with Crippen molar-refractivity contribution in [3.63, 3.8) is 0 Å². The van der Waals surface area contributed by atoms with Crippen molar-refractivity contribution in [3.8, 4) is 17.4 Å². The van der Waals surface area contributed by atoms with E-state index in [0.717, 1.165) is 32.5 Å². The van der Waals surface area contributed by atoms with E-state index in [1.807, 2.05) is 33.8 Å². The van der Waals surface area contributed by atoms with Crippen LogP contribution in [0.15, 0.2) is 18.2 Å². The van der Waals surface area contributed by atoms with Gasteiger partial charge in [-0.3, -0.25) is 14.5 Å². The van der Waals surface area contributed by atoms with Gasteiger partial charge in [0.25, 0.3) is 0 Å². The lowest BCUT2D eigenvalue weighted by molar-refractivity contribution is -0.141. The third-order valence-electron chi connectivity index (χ3n) is 9.90. The van der Waals surface area contributed by atoms with Crippen LogP contribution in [0.25, 0.3) is 10.9 Å². The maximum atomic E-state index is 14.1. The fourth-order valence-corrected chi connectivity index (χ4v) is 7.44. The van der Waals surface area contributed by atoms with E-state index < -0.39 is 41.5 Å². The third-order valence-corrected chi connectivity index (χ3v) is 10.3. The number of benzene rings is 1. The van der Waals surface area contributed by atoms with Crippen molar-refractivity contribution in [2.45, 2.75) is 77.7 Å². The molecule has 268 valence electrons. The molecule has 4 fully saturated rings. The van der Waals surface area contributed by atoms with Crippen LogP contribution in [0, 0.1) is 17.3 Å². The second-order valence-corrected chi connectivity index (χ2v) is 14.9. The van der Waals surface area contributed by atoms with Crippen LogP contribution in [-0.2, 0) is 19.1 Å². The summed E-state index contributed by atoms with van der Waals surface area (Å²) in [6, 6.07) is 3.39. The number of carbonyl (C=O) groups excluding carboxylic acids is 3. The van der Waals surface area contributed by atoms with E-state index in [-0.39, 0.29) is 19.1 Å². The zero-order chi connectivity index (χ0) is 34.9. The molecule has 2 saturated carbocycles. The highest BCUT2D eigenvalue weighted by Crippen LogP contribution is 2.52. The molecule has 2 aliphatic carbocycles. The fourth-order valence-electron chi connectivity index (χ4n) is 7.18. The van der Waals surface area contributed by atoms with Crippen molar-refractivity contribution in [1.29, 1.82) is 0 Å². The molecule has 14 heteroatoms. The van der Waals surface area contributed by atoms with E-state index in [1.165, 1.54) is 11.3 Å². The van der Waals surface area contributed by atoms with E-state index in [9.17, 15) is 14.4 Å². The summed E-state index contributed by atoms with van der Waals surface area (Å²) in [5, 5.41) is 3.74. The molecule has 3 N–H and O–H groups in total. The lowest BCUT2D eigenvalue weighted by Gasteiger charge is -2.35. The molecule has 0 unspecified atom stereocenters. The van der Waals surface area contributed by atoms with E-state index in [4.69, 9.17) is 41.0 Å². The molecule has 6 atom stereocenters. The normalized spacial score (nSPS) is 25.8. The molecule has 1 aromatic heterocycles. The number of nitrogens with two attached hydrogens (primary N) is 1. The topological polar surface area (TPSA) is 155 Å². The van der Waals surface area contributed by atoms with Crippen molar-refractivity contribution >= 4 is 40.4 Å². The van der Waals surface area contributed by atoms with E-state index in [2.05, 4.69) is 15.2 Å². The van der Waals surface area contributed by atoms with Crippen molar-refractivity contribution in [2.24, 2.45) is 23.0 Å². The summed E-state index contributed by atoms with van der Waals surface area (Å²) in [6.07, 6.45) is 1.74. The fraction of sp³-hybridized carbons (Fsp3) is 0.657. The van der Waals surface area contributed by atoms with Gasteiger partial charge in [-0.1, -0.05) is 32.4 Å². The summed E-state index contributed by atoms with van der Waals surface area (Å²) in [6.45, 7) is 12.2. The largest absolute Gasteiger partial charge is 0.491 e. The van der Waals surface area contributed by atoms with Gasteiger partial charge >= 0.3 is 6.09 Å². The zero-order valence-electron chi connectivity index (χ0n) is 28.7. The van der Waals surface area contributed by atoms with Gasteiger partial charge in [0, 0.05) is 37.5 Å². The summed E-state index contributed by atoms with van der Waals surface area (Å²) in [5.74, 6) is 1.45. The van der Waals surface area contributed by atoms with Crippen molar-refractivity contribution in [1.82, 2.24) is 20.1 Å². The number of alkyl carbamates (subject to hydrolysis) is 1. The molecule has 6 rings (SSSR count). The molecule has 1 aromatic carbocycles. The minimum Gasteiger partial charge on any atom is -0.491 e. The highest BCUT2D eigenvalue weighted by atomic mass is 35.5. The van der Waals surface area contributed by atoms with Gasteiger partial charge in [-0.25, -0.2) is 9.78 Å². The second kappa shape index (κ2) is 14.7. The average Bonchev–Trinajstić information content (AvgIpc) is 3.43. The molecular weight excluding hydrogens is 654 g/mol. The number of aromatic nitrogens is 1. The number of nitrogens with zero attached hydrogens (tertiary/aromatic N) is 3. The predicted octanol–water partition coefficient (Wildman–Crippen LogP) is 3.77. The Morgan fingerprint density at radius 3 is 2.47 bits per heavy atom. The molecule has 2 aromatic rings. The first-order valence-electron chi connectivity index (χ1n) is 17.3. The zero-order valence-corrected chi connectivity index (χ0v) is 29.5. The number of rotatable bonds is 12. The van der Waals surface area contributed by atoms with Crippen LogP contribution in [-0.4, -0.2) is 110 Å². The molecule has 3 amide bonds. The summed E-state index contributed by atoms with van der Waals surface area (Å²) in [4.78, 5) is 48.0. The number of ether oxygens (including phenoxy) is 5. The number of pyridine rings is 1. The first kappa shape index (κ1) is 35.3. The van der Waals surface area contributed by atoms with Crippen molar-refractivity contribution in [2.75, 3.05) is 52.6 Å². The van der Waals surface area contributed by atoms with Crippen molar-refractivity contribution < 1.29 is 38.1 Å². The number of halogens is 1. The summed E-state index contributed by atoms with van der Waals surface area (Å²) >= 11 is 6.84. The van der Waals surface area contributed by atoms with E-state index in [0.29, 0.717) is 71.6 Å². The SMILES string of the molecule is CCOc1cc(O[C@@H]2C[C@@H](C(N)=O)N(C(=O)[C@@H](NC(=O)O[C@@H]3C[C@@H]4C[C@@H]4C3)C(C)(C)C)C2)c2ccc(OCCN3CCOCC3)c(Cl)c2n1. The molecule has 2 aliphatic heterocycles. The van der Waals surface area contributed by atoms with Gasteiger partial charge in [-0.05, 0) is 55.6 Å². The van der Waals surface area contributed by atoms with Crippen molar-refractivity contribution in [3.05, 3.63) is 23.2 Å². The lowest BCUT2D eigenvalue weighted by Crippen LogP contribution is -2.57. The monoisotopic (exact) mass is 701 g/mol. The molecule has 0 spiro atoms. The average molecular weight is 702 g/mol. The summed E-state index contributed by atoms with van der Waals surface area (Å²) in [7, 11) is 0. The Morgan fingerprint density at radius 1 is 1.06 bits per heavy atom. The molecule has 49 heavy (non-hydrogen) atoms. The van der Waals surface area contributed by atoms with E-state index in [1.54, 1.807) is 12.1 Å². The molecule has 3 heterocycles. The van der Waals surface area contributed by atoms with Gasteiger partial charge in [-0.2, -0.15) is 0 Å².